The molecule has 1 fully saturated rings. The molecule has 16 heavy (non-hydrogen) atoms. The second-order valence-electron chi connectivity index (χ2n) is 4.12. The average molecular weight is 260 g/mol. The molecule has 0 bridgehead atoms. The van der Waals surface area contributed by atoms with Crippen LogP contribution in [0.1, 0.15) is 19.8 Å². The summed E-state index contributed by atoms with van der Waals surface area (Å²) in [5, 5.41) is 7.92. The smallest absolute Gasteiger partial charge is 0.145 e. The summed E-state index contributed by atoms with van der Waals surface area (Å²) in [6, 6.07) is 2.52. The van der Waals surface area contributed by atoms with E-state index in [0.29, 0.717) is 27.9 Å². The SMILES string of the molecule is CC1NCCCC1Nc1ncc(Cl)cc1Cl. The Hall–Kier alpha value is -0.510. The van der Waals surface area contributed by atoms with E-state index in [1.807, 2.05) is 0 Å². The van der Waals surface area contributed by atoms with E-state index in [-0.39, 0.29) is 0 Å². The van der Waals surface area contributed by atoms with Crippen molar-refractivity contribution in [2.75, 3.05) is 11.9 Å². The van der Waals surface area contributed by atoms with Gasteiger partial charge in [-0.1, -0.05) is 23.2 Å². The topological polar surface area (TPSA) is 37.0 Å². The Labute approximate surface area is 106 Å². The zero-order chi connectivity index (χ0) is 11.5. The summed E-state index contributed by atoms with van der Waals surface area (Å²) in [6.07, 6.45) is 3.92. The van der Waals surface area contributed by atoms with Crippen LogP contribution in [0, 0.1) is 0 Å². The van der Waals surface area contributed by atoms with Crippen molar-refractivity contribution in [1.82, 2.24) is 10.3 Å². The molecule has 5 heteroatoms. The fourth-order valence-electron chi connectivity index (χ4n) is 1.94. The molecule has 0 amide bonds. The minimum Gasteiger partial charge on any atom is -0.365 e. The summed E-state index contributed by atoms with van der Waals surface area (Å²) in [5.74, 6) is 0.714. The van der Waals surface area contributed by atoms with Crippen molar-refractivity contribution in [3.63, 3.8) is 0 Å². The molecular weight excluding hydrogens is 245 g/mol. The number of hydrogen-bond donors (Lipinski definition) is 2. The summed E-state index contributed by atoms with van der Waals surface area (Å²) in [6.45, 7) is 3.25. The molecule has 88 valence electrons. The standard InChI is InChI=1S/C11H15Cl2N3/c1-7-10(3-2-4-14-7)16-11-9(13)5-8(12)6-15-11/h5-7,10,14H,2-4H2,1H3,(H,15,16). The first-order valence-electron chi connectivity index (χ1n) is 5.48. The Morgan fingerprint density at radius 3 is 3.00 bits per heavy atom. The highest BCUT2D eigenvalue weighted by Crippen LogP contribution is 2.24. The number of halogens is 2. The van der Waals surface area contributed by atoms with Crippen LogP contribution in [0.5, 0.6) is 0 Å². The van der Waals surface area contributed by atoms with Gasteiger partial charge in [0.05, 0.1) is 10.0 Å². The van der Waals surface area contributed by atoms with Gasteiger partial charge in [-0.25, -0.2) is 4.98 Å². The third-order valence-electron chi connectivity index (χ3n) is 2.89. The molecule has 1 saturated heterocycles. The van der Waals surface area contributed by atoms with E-state index in [4.69, 9.17) is 23.2 Å². The summed E-state index contributed by atoms with van der Waals surface area (Å²) in [4.78, 5) is 4.20. The first-order chi connectivity index (χ1) is 7.66. The van der Waals surface area contributed by atoms with Gasteiger partial charge in [0, 0.05) is 18.3 Å². The van der Waals surface area contributed by atoms with Crippen molar-refractivity contribution in [1.29, 1.82) is 0 Å². The second kappa shape index (κ2) is 5.21. The van der Waals surface area contributed by atoms with Gasteiger partial charge in [-0.2, -0.15) is 0 Å². The Kier molecular flexibility index (Phi) is 3.90. The number of aromatic nitrogens is 1. The molecule has 2 unspecified atom stereocenters. The molecule has 0 aliphatic carbocycles. The van der Waals surface area contributed by atoms with Crippen LogP contribution in [0.15, 0.2) is 12.3 Å². The van der Waals surface area contributed by atoms with Crippen LogP contribution in [0.4, 0.5) is 5.82 Å². The maximum atomic E-state index is 6.07. The number of pyridine rings is 1. The Morgan fingerprint density at radius 2 is 2.31 bits per heavy atom. The molecule has 1 aromatic heterocycles. The van der Waals surface area contributed by atoms with E-state index in [1.54, 1.807) is 12.3 Å². The van der Waals surface area contributed by atoms with Gasteiger partial charge in [0.2, 0.25) is 0 Å². The van der Waals surface area contributed by atoms with Gasteiger partial charge < -0.3 is 10.6 Å². The van der Waals surface area contributed by atoms with E-state index >= 15 is 0 Å². The highest BCUT2D eigenvalue weighted by molar-refractivity contribution is 6.35. The van der Waals surface area contributed by atoms with E-state index in [9.17, 15) is 0 Å². The predicted octanol–water partition coefficient (Wildman–Crippen LogP) is 2.94. The summed E-state index contributed by atoms with van der Waals surface area (Å²) in [5.41, 5.74) is 0. The van der Waals surface area contributed by atoms with Crippen molar-refractivity contribution in [3.05, 3.63) is 22.3 Å². The first-order valence-corrected chi connectivity index (χ1v) is 6.23. The van der Waals surface area contributed by atoms with E-state index in [0.717, 1.165) is 13.0 Å². The highest BCUT2D eigenvalue weighted by atomic mass is 35.5. The third-order valence-corrected chi connectivity index (χ3v) is 3.39. The number of anilines is 1. The zero-order valence-corrected chi connectivity index (χ0v) is 10.6. The van der Waals surface area contributed by atoms with Gasteiger partial charge in [-0.15, -0.1) is 0 Å². The lowest BCUT2D eigenvalue weighted by atomic mass is 10.00. The number of piperidine rings is 1. The van der Waals surface area contributed by atoms with Gasteiger partial charge in [0.25, 0.3) is 0 Å². The lowest BCUT2D eigenvalue weighted by molar-refractivity contribution is 0.389. The van der Waals surface area contributed by atoms with Gasteiger partial charge in [-0.3, -0.25) is 0 Å². The van der Waals surface area contributed by atoms with Crippen molar-refractivity contribution in [2.45, 2.75) is 31.8 Å². The molecule has 1 aromatic rings. The fraction of sp³-hybridized carbons (Fsp3) is 0.545. The molecule has 0 saturated carbocycles. The van der Waals surface area contributed by atoms with Crippen molar-refractivity contribution >= 4 is 29.0 Å². The Morgan fingerprint density at radius 1 is 1.50 bits per heavy atom. The van der Waals surface area contributed by atoms with Crippen molar-refractivity contribution in [3.8, 4) is 0 Å². The molecule has 3 nitrogen and oxygen atoms in total. The van der Waals surface area contributed by atoms with Crippen LogP contribution in [0.3, 0.4) is 0 Å². The average Bonchev–Trinajstić information content (AvgIpc) is 2.25. The lowest BCUT2D eigenvalue weighted by Crippen LogP contribution is -2.46. The normalized spacial score (nSPS) is 25.4. The van der Waals surface area contributed by atoms with Gasteiger partial charge in [0.1, 0.15) is 5.82 Å². The maximum Gasteiger partial charge on any atom is 0.145 e. The van der Waals surface area contributed by atoms with Crippen LogP contribution in [-0.4, -0.2) is 23.6 Å². The molecule has 2 N–H and O–H groups in total. The van der Waals surface area contributed by atoms with Crippen LogP contribution >= 0.6 is 23.2 Å². The van der Waals surface area contributed by atoms with Gasteiger partial charge in [-0.05, 0) is 32.4 Å². The quantitative estimate of drug-likeness (QED) is 0.858. The molecular formula is C11H15Cl2N3. The molecule has 0 radical (unpaired) electrons. The Bertz CT molecular complexity index is 370. The molecule has 2 atom stereocenters. The predicted molar refractivity (Wildman–Crippen MR) is 68.4 cm³/mol. The fourth-order valence-corrected chi connectivity index (χ4v) is 2.37. The monoisotopic (exact) mass is 259 g/mol. The lowest BCUT2D eigenvalue weighted by Gasteiger charge is -2.31. The van der Waals surface area contributed by atoms with Gasteiger partial charge in [0.15, 0.2) is 0 Å². The second-order valence-corrected chi connectivity index (χ2v) is 4.96. The van der Waals surface area contributed by atoms with Gasteiger partial charge >= 0.3 is 0 Å². The van der Waals surface area contributed by atoms with Crippen molar-refractivity contribution in [2.24, 2.45) is 0 Å². The summed E-state index contributed by atoms with van der Waals surface area (Å²) < 4.78 is 0. The molecule has 2 heterocycles. The van der Waals surface area contributed by atoms with Crippen LogP contribution in [-0.2, 0) is 0 Å². The number of rotatable bonds is 2. The van der Waals surface area contributed by atoms with E-state index in [2.05, 4.69) is 22.5 Å². The maximum absolute atomic E-state index is 6.07. The molecule has 0 aromatic carbocycles. The van der Waals surface area contributed by atoms with E-state index in [1.165, 1.54) is 6.42 Å². The molecule has 1 aliphatic heterocycles. The van der Waals surface area contributed by atoms with Crippen LogP contribution in [0.2, 0.25) is 10.0 Å². The van der Waals surface area contributed by atoms with Crippen molar-refractivity contribution < 1.29 is 0 Å². The summed E-state index contributed by atoms with van der Waals surface area (Å²) >= 11 is 11.9. The Balaban J connectivity index is 2.07. The molecule has 0 spiro atoms. The largest absolute Gasteiger partial charge is 0.365 e. The summed E-state index contributed by atoms with van der Waals surface area (Å²) in [7, 11) is 0. The number of nitrogens with one attached hydrogen (secondary N) is 2. The van der Waals surface area contributed by atoms with Crippen LogP contribution in [0.25, 0.3) is 0 Å². The third kappa shape index (κ3) is 2.78. The zero-order valence-electron chi connectivity index (χ0n) is 9.13. The number of hydrogen-bond acceptors (Lipinski definition) is 3. The first kappa shape index (κ1) is 12.0. The van der Waals surface area contributed by atoms with E-state index < -0.39 is 0 Å². The molecule has 1 aliphatic rings. The van der Waals surface area contributed by atoms with Crippen LogP contribution < -0.4 is 10.6 Å². The highest BCUT2D eigenvalue weighted by Gasteiger charge is 2.21. The number of nitrogens with zero attached hydrogens (tertiary/aromatic N) is 1. The minimum atomic E-state index is 0.375. The molecule has 2 rings (SSSR count). The minimum absolute atomic E-state index is 0.375.